The minimum atomic E-state index is -3.10. The minimum Gasteiger partial charge on any atom is -0.432 e. The van der Waals surface area contributed by atoms with Crippen LogP contribution in [-0.2, 0) is 9.53 Å². The molecule has 4 nitrogen and oxygen atoms in total. The number of hydrogen-bond acceptors (Lipinski definition) is 3. The molecule has 0 fully saturated rings. The normalized spacial score (nSPS) is 10.9. The van der Waals surface area contributed by atoms with Crippen molar-refractivity contribution in [2.45, 2.75) is 26.6 Å². The largest absolute Gasteiger partial charge is 0.432 e. The van der Waals surface area contributed by atoms with Crippen LogP contribution >= 0.6 is 0 Å². The molecule has 0 saturated heterocycles. The second-order valence-electron chi connectivity index (χ2n) is 3.93. The molecule has 0 aliphatic heterocycles. The molecular formula is C12H14F3NO3. The Labute approximate surface area is 108 Å². The van der Waals surface area contributed by atoms with E-state index in [2.05, 4.69) is 10.1 Å². The van der Waals surface area contributed by atoms with E-state index in [0.29, 0.717) is 0 Å². The highest BCUT2D eigenvalue weighted by Crippen LogP contribution is 2.22. The highest BCUT2D eigenvalue weighted by Gasteiger charge is 2.11. The van der Waals surface area contributed by atoms with E-state index in [0.717, 1.165) is 12.1 Å². The van der Waals surface area contributed by atoms with Gasteiger partial charge in [-0.15, -0.1) is 0 Å². The first-order chi connectivity index (χ1) is 8.88. The van der Waals surface area contributed by atoms with E-state index >= 15 is 0 Å². The van der Waals surface area contributed by atoms with Gasteiger partial charge < -0.3 is 14.8 Å². The number of anilines is 1. The summed E-state index contributed by atoms with van der Waals surface area (Å²) in [6.07, 6.45) is -0.107. The smallest absolute Gasteiger partial charge is 0.387 e. The lowest BCUT2D eigenvalue weighted by Gasteiger charge is -2.10. The van der Waals surface area contributed by atoms with E-state index in [-0.39, 0.29) is 18.4 Å². The van der Waals surface area contributed by atoms with Gasteiger partial charge in [0.2, 0.25) is 5.91 Å². The van der Waals surface area contributed by atoms with Crippen LogP contribution in [0.5, 0.6) is 5.75 Å². The lowest BCUT2D eigenvalue weighted by molar-refractivity contribution is -0.121. The van der Waals surface area contributed by atoms with Crippen molar-refractivity contribution in [3.63, 3.8) is 0 Å². The van der Waals surface area contributed by atoms with E-state index in [1.165, 1.54) is 6.07 Å². The minimum absolute atomic E-state index is 0.107. The third-order valence-electron chi connectivity index (χ3n) is 1.98. The number of ether oxygens (including phenoxy) is 2. The van der Waals surface area contributed by atoms with Crippen molar-refractivity contribution in [3.8, 4) is 5.75 Å². The molecule has 1 N–H and O–H groups in total. The Morgan fingerprint density at radius 1 is 1.37 bits per heavy atom. The quantitative estimate of drug-likeness (QED) is 0.869. The first-order valence-corrected chi connectivity index (χ1v) is 5.54. The zero-order chi connectivity index (χ0) is 14.4. The summed E-state index contributed by atoms with van der Waals surface area (Å²) in [6.45, 7) is 0.260. The average Bonchev–Trinajstić information content (AvgIpc) is 2.29. The molecular weight excluding hydrogens is 263 g/mol. The second kappa shape index (κ2) is 6.98. The Balaban J connectivity index is 2.60. The third kappa shape index (κ3) is 5.60. The van der Waals surface area contributed by atoms with Gasteiger partial charge in [-0.05, 0) is 26.0 Å². The average molecular weight is 277 g/mol. The zero-order valence-corrected chi connectivity index (χ0v) is 10.5. The van der Waals surface area contributed by atoms with Crippen molar-refractivity contribution in [2.24, 2.45) is 0 Å². The molecule has 0 radical (unpaired) electrons. The Bertz CT molecular complexity index is 438. The summed E-state index contributed by atoms with van der Waals surface area (Å²) >= 11 is 0. The molecule has 19 heavy (non-hydrogen) atoms. The van der Waals surface area contributed by atoms with E-state index in [4.69, 9.17) is 4.74 Å². The van der Waals surface area contributed by atoms with Crippen LogP contribution < -0.4 is 10.1 Å². The number of hydrogen-bond donors (Lipinski definition) is 1. The van der Waals surface area contributed by atoms with Crippen LogP contribution in [-0.4, -0.2) is 25.2 Å². The molecule has 0 unspecified atom stereocenters. The van der Waals surface area contributed by atoms with Gasteiger partial charge in [-0.1, -0.05) is 0 Å². The number of alkyl halides is 2. The molecule has 0 bridgehead atoms. The van der Waals surface area contributed by atoms with E-state index in [9.17, 15) is 18.0 Å². The molecule has 1 rings (SSSR count). The molecule has 0 spiro atoms. The van der Waals surface area contributed by atoms with Crippen LogP contribution in [0, 0.1) is 5.82 Å². The number of rotatable bonds is 6. The summed E-state index contributed by atoms with van der Waals surface area (Å²) in [7, 11) is 0. The fraction of sp³-hybridized carbons (Fsp3) is 0.417. The van der Waals surface area contributed by atoms with Crippen molar-refractivity contribution in [3.05, 3.63) is 24.0 Å². The Hall–Kier alpha value is -1.76. The maximum Gasteiger partial charge on any atom is 0.387 e. The number of carbonyl (C=O) groups is 1. The fourth-order valence-electron chi connectivity index (χ4n) is 1.21. The molecule has 0 aliphatic carbocycles. The molecule has 7 heteroatoms. The molecule has 0 aromatic heterocycles. The number of amides is 1. The predicted molar refractivity (Wildman–Crippen MR) is 62.7 cm³/mol. The maximum atomic E-state index is 13.3. The molecule has 1 amide bonds. The van der Waals surface area contributed by atoms with Crippen LogP contribution in [0.25, 0.3) is 0 Å². The standard InChI is InChI=1S/C12H14F3NO3/c1-7(2)18-6-11(17)16-8-3-4-10(9(13)5-8)19-12(14)15/h3-5,7,12H,6H2,1-2H3,(H,16,17). The topological polar surface area (TPSA) is 47.6 Å². The van der Waals surface area contributed by atoms with Gasteiger partial charge in [-0.2, -0.15) is 8.78 Å². The van der Waals surface area contributed by atoms with E-state index in [1.807, 2.05) is 0 Å². The van der Waals surface area contributed by atoms with Gasteiger partial charge in [0.05, 0.1) is 6.10 Å². The van der Waals surface area contributed by atoms with E-state index in [1.54, 1.807) is 13.8 Å². The lowest BCUT2D eigenvalue weighted by atomic mass is 10.3. The summed E-state index contributed by atoms with van der Waals surface area (Å²) < 4.78 is 46.1. The molecule has 0 saturated carbocycles. The van der Waals surface area contributed by atoms with Gasteiger partial charge in [-0.25, -0.2) is 4.39 Å². The van der Waals surface area contributed by atoms with Gasteiger partial charge in [0.15, 0.2) is 11.6 Å². The molecule has 106 valence electrons. The van der Waals surface area contributed by atoms with Gasteiger partial charge in [0, 0.05) is 11.8 Å². The number of halogens is 3. The van der Waals surface area contributed by atoms with Crippen LogP contribution in [0.2, 0.25) is 0 Å². The van der Waals surface area contributed by atoms with Crippen molar-refractivity contribution in [2.75, 3.05) is 11.9 Å². The monoisotopic (exact) mass is 277 g/mol. The SMILES string of the molecule is CC(C)OCC(=O)Nc1ccc(OC(F)F)c(F)c1. The molecule has 1 aromatic carbocycles. The molecule has 0 heterocycles. The van der Waals surface area contributed by atoms with Crippen molar-refractivity contribution in [1.82, 2.24) is 0 Å². The number of benzene rings is 1. The van der Waals surface area contributed by atoms with Crippen LogP contribution in [0.1, 0.15) is 13.8 Å². The van der Waals surface area contributed by atoms with E-state index < -0.39 is 24.1 Å². The fourth-order valence-corrected chi connectivity index (χ4v) is 1.21. The van der Waals surface area contributed by atoms with Gasteiger partial charge in [-0.3, -0.25) is 4.79 Å². The van der Waals surface area contributed by atoms with Gasteiger partial charge in [0.25, 0.3) is 0 Å². The summed E-state index contributed by atoms with van der Waals surface area (Å²) in [5, 5.41) is 2.37. The predicted octanol–water partition coefficient (Wildman–Crippen LogP) is 2.79. The Morgan fingerprint density at radius 2 is 2.05 bits per heavy atom. The highest BCUT2D eigenvalue weighted by atomic mass is 19.3. The Kier molecular flexibility index (Phi) is 5.62. The number of carbonyl (C=O) groups excluding carboxylic acids is 1. The first-order valence-electron chi connectivity index (χ1n) is 5.54. The van der Waals surface area contributed by atoms with Crippen molar-refractivity contribution >= 4 is 11.6 Å². The zero-order valence-electron chi connectivity index (χ0n) is 10.5. The van der Waals surface area contributed by atoms with Gasteiger partial charge >= 0.3 is 6.61 Å². The van der Waals surface area contributed by atoms with Crippen molar-refractivity contribution < 1.29 is 27.4 Å². The summed E-state index contributed by atoms with van der Waals surface area (Å²) in [6, 6.07) is 3.17. The first kappa shape index (κ1) is 15.3. The summed E-state index contributed by atoms with van der Waals surface area (Å²) in [5.41, 5.74) is 0.136. The maximum absolute atomic E-state index is 13.3. The Morgan fingerprint density at radius 3 is 2.58 bits per heavy atom. The third-order valence-corrected chi connectivity index (χ3v) is 1.98. The van der Waals surface area contributed by atoms with Crippen LogP contribution in [0.15, 0.2) is 18.2 Å². The lowest BCUT2D eigenvalue weighted by Crippen LogP contribution is -2.20. The summed E-state index contributed by atoms with van der Waals surface area (Å²) in [4.78, 5) is 11.4. The summed E-state index contributed by atoms with van der Waals surface area (Å²) in [5.74, 6) is -2.02. The van der Waals surface area contributed by atoms with Crippen LogP contribution in [0.4, 0.5) is 18.9 Å². The van der Waals surface area contributed by atoms with Crippen molar-refractivity contribution in [1.29, 1.82) is 0 Å². The second-order valence-corrected chi connectivity index (χ2v) is 3.93. The van der Waals surface area contributed by atoms with Gasteiger partial charge in [0.1, 0.15) is 6.61 Å². The molecule has 1 aromatic rings. The molecule has 0 aliphatic rings. The number of nitrogens with one attached hydrogen (secondary N) is 1. The highest BCUT2D eigenvalue weighted by molar-refractivity contribution is 5.91. The van der Waals surface area contributed by atoms with Crippen LogP contribution in [0.3, 0.4) is 0 Å². The molecule has 0 atom stereocenters.